The standard InChI is InChI=1S/C24H22ClN5O2/c1-15-10-18(9-8-17-6-4-3-5-7-17)13-26-23(15)29-24(32)22-21(25)14-27-30(22)20-11-19(12-20)28-16(2)31/h3-7,10,13-14,19-20H,11-12H2,1-2H3,(H,28,31)(H,26,29,32). The second kappa shape index (κ2) is 9.25. The number of nitrogens with zero attached hydrogens (tertiary/aromatic N) is 3. The molecule has 4 rings (SSSR count). The van der Waals surface area contributed by atoms with E-state index >= 15 is 0 Å². The highest BCUT2D eigenvalue weighted by atomic mass is 35.5. The van der Waals surface area contributed by atoms with E-state index in [0.717, 1.165) is 16.7 Å². The summed E-state index contributed by atoms with van der Waals surface area (Å²) in [5.41, 5.74) is 2.75. The van der Waals surface area contributed by atoms with Crippen molar-refractivity contribution < 1.29 is 9.59 Å². The number of carbonyl (C=O) groups is 2. The van der Waals surface area contributed by atoms with Gasteiger partial charge in [0.05, 0.1) is 17.3 Å². The van der Waals surface area contributed by atoms with E-state index in [1.54, 1.807) is 10.9 Å². The van der Waals surface area contributed by atoms with Crippen LogP contribution in [-0.2, 0) is 4.79 Å². The van der Waals surface area contributed by atoms with Gasteiger partial charge in [0.25, 0.3) is 5.91 Å². The molecule has 2 heterocycles. The molecule has 1 aromatic carbocycles. The van der Waals surface area contributed by atoms with Gasteiger partial charge in [0.15, 0.2) is 0 Å². The van der Waals surface area contributed by atoms with Gasteiger partial charge in [-0.05, 0) is 43.5 Å². The van der Waals surface area contributed by atoms with E-state index < -0.39 is 0 Å². The van der Waals surface area contributed by atoms with Crippen LogP contribution in [0.5, 0.6) is 0 Å². The summed E-state index contributed by atoms with van der Waals surface area (Å²) in [7, 11) is 0. The van der Waals surface area contributed by atoms with Gasteiger partial charge in [0.1, 0.15) is 11.5 Å². The first-order chi connectivity index (χ1) is 15.4. The molecule has 8 heteroatoms. The van der Waals surface area contributed by atoms with Gasteiger partial charge in [-0.25, -0.2) is 4.98 Å². The number of anilines is 1. The molecule has 162 valence electrons. The number of benzene rings is 1. The summed E-state index contributed by atoms with van der Waals surface area (Å²) >= 11 is 6.26. The van der Waals surface area contributed by atoms with E-state index in [2.05, 4.69) is 32.6 Å². The predicted octanol–water partition coefficient (Wildman–Crippen LogP) is 3.73. The second-order valence-corrected chi connectivity index (χ2v) is 8.18. The minimum atomic E-state index is -0.380. The quantitative estimate of drug-likeness (QED) is 0.596. The summed E-state index contributed by atoms with van der Waals surface area (Å²) in [4.78, 5) is 28.6. The molecule has 1 aliphatic carbocycles. The molecule has 2 N–H and O–H groups in total. The number of pyridine rings is 1. The highest BCUT2D eigenvalue weighted by Gasteiger charge is 2.34. The number of aromatic nitrogens is 3. The summed E-state index contributed by atoms with van der Waals surface area (Å²) in [6.07, 6.45) is 4.49. The van der Waals surface area contributed by atoms with Crippen molar-refractivity contribution in [1.82, 2.24) is 20.1 Å². The van der Waals surface area contributed by atoms with Crippen molar-refractivity contribution in [3.05, 3.63) is 76.2 Å². The number of hydrogen-bond donors (Lipinski definition) is 2. The lowest BCUT2D eigenvalue weighted by Gasteiger charge is -2.36. The number of rotatable bonds is 4. The van der Waals surface area contributed by atoms with Crippen LogP contribution in [0.15, 0.2) is 48.8 Å². The van der Waals surface area contributed by atoms with Crippen LogP contribution in [-0.4, -0.2) is 32.6 Å². The van der Waals surface area contributed by atoms with Crippen LogP contribution in [0.3, 0.4) is 0 Å². The lowest BCUT2D eigenvalue weighted by atomic mass is 9.86. The van der Waals surface area contributed by atoms with E-state index in [1.165, 1.54) is 13.1 Å². The van der Waals surface area contributed by atoms with E-state index in [0.29, 0.717) is 18.7 Å². The third-order valence-corrected chi connectivity index (χ3v) is 5.54. The normalized spacial score (nSPS) is 17.0. The van der Waals surface area contributed by atoms with Crippen molar-refractivity contribution in [2.45, 2.75) is 38.8 Å². The maximum Gasteiger partial charge on any atom is 0.276 e. The Balaban J connectivity index is 1.46. The number of aryl methyl sites for hydroxylation is 1. The molecule has 1 aliphatic rings. The molecule has 1 saturated carbocycles. The van der Waals surface area contributed by atoms with Gasteiger partial charge < -0.3 is 10.6 Å². The zero-order valence-electron chi connectivity index (χ0n) is 17.7. The topological polar surface area (TPSA) is 88.9 Å². The predicted molar refractivity (Wildman–Crippen MR) is 122 cm³/mol. The van der Waals surface area contributed by atoms with Crippen molar-refractivity contribution in [3.63, 3.8) is 0 Å². The molecule has 0 saturated heterocycles. The molecule has 7 nitrogen and oxygen atoms in total. The van der Waals surface area contributed by atoms with Crippen LogP contribution >= 0.6 is 11.6 Å². The molecular formula is C24H22ClN5O2. The number of amides is 2. The van der Waals surface area contributed by atoms with Crippen LogP contribution < -0.4 is 10.6 Å². The Kier molecular flexibility index (Phi) is 6.24. The van der Waals surface area contributed by atoms with Crippen LogP contribution in [0, 0.1) is 18.8 Å². The number of nitrogens with one attached hydrogen (secondary N) is 2. The lowest BCUT2D eigenvalue weighted by molar-refractivity contribution is -0.120. The Hall–Kier alpha value is -3.63. The minimum absolute atomic E-state index is 0.00444. The van der Waals surface area contributed by atoms with Gasteiger partial charge in [-0.2, -0.15) is 5.10 Å². The van der Waals surface area contributed by atoms with Crippen molar-refractivity contribution in [1.29, 1.82) is 0 Å². The van der Waals surface area contributed by atoms with Crippen LogP contribution in [0.4, 0.5) is 5.82 Å². The molecule has 2 aromatic heterocycles. The molecule has 1 fully saturated rings. The average molecular weight is 448 g/mol. The zero-order valence-corrected chi connectivity index (χ0v) is 18.5. The van der Waals surface area contributed by atoms with Gasteiger partial charge in [0.2, 0.25) is 5.91 Å². The number of hydrogen-bond acceptors (Lipinski definition) is 4. The molecule has 32 heavy (non-hydrogen) atoms. The van der Waals surface area contributed by atoms with Crippen LogP contribution in [0.2, 0.25) is 5.02 Å². The van der Waals surface area contributed by atoms with E-state index in [-0.39, 0.29) is 34.6 Å². The monoisotopic (exact) mass is 447 g/mol. The highest BCUT2D eigenvalue weighted by Crippen LogP contribution is 2.34. The smallest absolute Gasteiger partial charge is 0.276 e. The molecule has 0 bridgehead atoms. The van der Waals surface area contributed by atoms with Crippen LogP contribution in [0.25, 0.3) is 0 Å². The maximum atomic E-state index is 13.0. The van der Waals surface area contributed by atoms with E-state index in [9.17, 15) is 9.59 Å². The van der Waals surface area contributed by atoms with E-state index in [1.807, 2.05) is 43.3 Å². The van der Waals surface area contributed by atoms with Gasteiger partial charge >= 0.3 is 0 Å². The molecular weight excluding hydrogens is 426 g/mol. The SMILES string of the molecule is CC(=O)NC1CC(n2ncc(Cl)c2C(=O)Nc2ncc(C#Cc3ccccc3)cc2C)C1. The van der Waals surface area contributed by atoms with Crippen molar-refractivity contribution in [2.75, 3.05) is 5.32 Å². The van der Waals surface area contributed by atoms with Gasteiger partial charge in [-0.1, -0.05) is 41.6 Å². The number of halogens is 1. The Morgan fingerprint density at radius 2 is 1.84 bits per heavy atom. The fourth-order valence-corrected chi connectivity index (χ4v) is 3.85. The summed E-state index contributed by atoms with van der Waals surface area (Å²) < 4.78 is 1.63. The second-order valence-electron chi connectivity index (χ2n) is 7.77. The summed E-state index contributed by atoms with van der Waals surface area (Å²) in [6.45, 7) is 3.35. The molecule has 0 unspecified atom stereocenters. The van der Waals surface area contributed by atoms with Gasteiger partial charge in [0, 0.05) is 30.3 Å². The lowest BCUT2D eigenvalue weighted by Crippen LogP contribution is -2.45. The zero-order chi connectivity index (χ0) is 22.7. The Labute approximate surface area is 191 Å². The fraction of sp³-hybridized carbons (Fsp3) is 0.250. The first-order valence-corrected chi connectivity index (χ1v) is 10.6. The summed E-state index contributed by atoms with van der Waals surface area (Å²) in [6, 6.07) is 11.7. The summed E-state index contributed by atoms with van der Waals surface area (Å²) in [5.74, 6) is 6.17. The molecule has 0 spiro atoms. The van der Waals surface area contributed by atoms with Crippen molar-refractivity contribution in [3.8, 4) is 11.8 Å². The van der Waals surface area contributed by atoms with Gasteiger partial charge in [-0.15, -0.1) is 0 Å². The fourth-order valence-electron chi connectivity index (χ4n) is 3.63. The first-order valence-electron chi connectivity index (χ1n) is 10.3. The molecule has 3 aromatic rings. The van der Waals surface area contributed by atoms with Crippen LogP contribution in [0.1, 0.15) is 53.0 Å². The third kappa shape index (κ3) is 4.82. The minimum Gasteiger partial charge on any atom is -0.353 e. The van der Waals surface area contributed by atoms with E-state index in [4.69, 9.17) is 11.6 Å². The highest BCUT2D eigenvalue weighted by molar-refractivity contribution is 6.34. The molecule has 0 atom stereocenters. The maximum absolute atomic E-state index is 13.0. The Morgan fingerprint density at radius 1 is 1.12 bits per heavy atom. The molecule has 0 radical (unpaired) electrons. The number of carbonyl (C=O) groups excluding carboxylic acids is 2. The third-order valence-electron chi connectivity index (χ3n) is 5.27. The average Bonchev–Trinajstić information content (AvgIpc) is 3.12. The summed E-state index contributed by atoms with van der Waals surface area (Å²) in [5, 5.41) is 10.2. The van der Waals surface area contributed by atoms with Crippen molar-refractivity contribution in [2.24, 2.45) is 0 Å². The van der Waals surface area contributed by atoms with Crippen molar-refractivity contribution >= 4 is 29.2 Å². The Morgan fingerprint density at radius 3 is 2.53 bits per heavy atom. The largest absolute Gasteiger partial charge is 0.353 e. The Bertz CT molecular complexity index is 1220. The first kappa shape index (κ1) is 21.6. The van der Waals surface area contributed by atoms with Gasteiger partial charge in [-0.3, -0.25) is 14.3 Å². The molecule has 0 aliphatic heterocycles. The molecule has 2 amide bonds.